The molecule has 0 aromatic carbocycles. The van der Waals surface area contributed by atoms with Crippen LogP contribution in [0.3, 0.4) is 0 Å². The van der Waals surface area contributed by atoms with Gasteiger partial charge in [0.15, 0.2) is 0 Å². The number of hydrogen-bond acceptors (Lipinski definition) is 2. The van der Waals surface area contributed by atoms with E-state index in [1.165, 1.54) is 6.07 Å². The molecule has 0 aliphatic rings. The first-order valence-corrected chi connectivity index (χ1v) is 3.75. The predicted molar refractivity (Wildman–Crippen MR) is 48.1 cm³/mol. The number of aromatic nitrogens is 1. The number of H-pyrrole nitrogens is 1. The van der Waals surface area contributed by atoms with E-state index in [1.54, 1.807) is 6.92 Å². The van der Waals surface area contributed by atoms with E-state index in [-0.39, 0.29) is 18.0 Å². The van der Waals surface area contributed by atoms with E-state index < -0.39 is 5.97 Å². The van der Waals surface area contributed by atoms with Crippen LogP contribution in [0.1, 0.15) is 21.7 Å². The number of hydrogen-bond donors (Lipinski definition) is 4. The molecule has 13 heavy (non-hydrogen) atoms. The Balaban J connectivity index is 2.96. The quantitative estimate of drug-likeness (QED) is 0.403. The Kier molecular flexibility index (Phi) is 2.36. The summed E-state index contributed by atoms with van der Waals surface area (Å²) in [6.07, 6.45) is 0.263. The summed E-state index contributed by atoms with van der Waals surface area (Å²) in [6, 6.07) is 1.53. The average molecular weight is 181 g/mol. The van der Waals surface area contributed by atoms with Gasteiger partial charge in [-0.25, -0.2) is 4.79 Å². The zero-order chi connectivity index (χ0) is 10.0. The van der Waals surface area contributed by atoms with Crippen molar-refractivity contribution in [3.05, 3.63) is 23.0 Å². The molecular formula is C8H11N3O2. The first-order valence-electron chi connectivity index (χ1n) is 3.75. The summed E-state index contributed by atoms with van der Waals surface area (Å²) in [5, 5.41) is 15.7. The monoisotopic (exact) mass is 181 g/mol. The second kappa shape index (κ2) is 3.30. The van der Waals surface area contributed by atoms with Crippen LogP contribution in [0.25, 0.3) is 0 Å². The number of carbonyl (C=O) groups is 1. The summed E-state index contributed by atoms with van der Waals surface area (Å²) >= 11 is 0. The van der Waals surface area contributed by atoms with E-state index in [9.17, 15) is 4.79 Å². The van der Waals surface area contributed by atoms with Crippen LogP contribution in [0.5, 0.6) is 0 Å². The van der Waals surface area contributed by atoms with E-state index in [0.717, 1.165) is 5.56 Å². The lowest BCUT2D eigenvalue weighted by Gasteiger charge is -1.96. The second-order valence-electron chi connectivity index (χ2n) is 2.85. The third kappa shape index (κ3) is 2.08. The molecule has 0 bridgehead atoms. The fourth-order valence-electron chi connectivity index (χ4n) is 1.09. The molecule has 70 valence electrons. The van der Waals surface area contributed by atoms with Crippen molar-refractivity contribution in [2.45, 2.75) is 13.3 Å². The number of carboxylic acid groups (broad SMARTS) is 1. The molecular weight excluding hydrogens is 170 g/mol. The van der Waals surface area contributed by atoms with Crippen LogP contribution in [0, 0.1) is 12.3 Å². The van der Waals surface area contributed by atoms with E-state index in [2.05, 4.69) is 4.98 Å². The minimum Gasteiger partial charge on any atom is -0.477 e. The van der Waals surface area contributed by atoms with Gasteiger partial charge in [-0.15, -0.1) is 0 Å². The Morgan fingerprint density at radius 3 is 2.77 bits per heavy atom. The standard InChI is InChI=1S/C8H11N3O2/c1-4-2-6(8(12)13)11-5(4)3-7(9)10/h2,11H,3H2,1H3,(H3,9,10)(H,12,13). The number of aromatic carboxylic acids is 1. The van der Waals surface area contributed by atoms with E-state index in [4.69, 9.17) is 16.2 Å². The molecule has 0 saturated carbocycles. The van der Waals surface area contributed by atoms with Crippen molar-refractivity contribution < 1.29 is 9.90 Å². The summed E-state index contributed by atoms with van der Waals surface area (Å²) in [7, 11) is 0. The highest BCUT2D eigenvalue weighted by Gasteiger charge is 2.09. The molecule has 0 atom stereocenters. The molecule has 5 N–H and O–H groups in total. The maximum Gasteiger partial charge on any atom is 0.352 e. The molecule has 1 rings (SSSR count). The highest BCUT2D eigenvalue weighted by Crippen LogP contribution is 2.10. The van der Waals surface area contributed by atoms with Gasteiger partial charge >= 0.3 is 5.97 Å². The zero-order valence-corrected chi connectivity index (χ0v) is 7.22. The van der Waals surface area contributed by atoms with E-state index in [1.807, 2.05) is 0 Å². The van der Waals surface area contributed by atoms with Crippen LogP contribution in [-0.4, -0.2) is 21.9 Å². The molecule has 5 heteroatoms. The molecule has 0 unspecified atom stereocenters. The predicted octanol–water partition coefficient (Wildman–Crippen LogP) is 0.500. The summed E-state index contributed by atoms with van der Waals surface area (Å²) < 4.78 is 0. The summed E-state index contributed by atoms with van der Waals surface area (Å²) in [5.74, 6) is -0.986. The van der Waals surface area contributed by atoms with Crippen LogP contribution in [0.2, 0.25) is 0 Å². The maximum absolute atomic E-state index is 10.5. The smallest absolute Gasteiger partial charge is 0.352 e. The Labute approximate surface area is 75.1 Å². The third-order valence-electron chi connectivity index (χ3n) is 1.72. The number of aryl methyl sites for hydroxylation is 1. The molecule has 1 heterocycles. The third-order valence-corrected chi connectivity index (χ3v) is 1.72. The number of carboxylic acids is 1. The molecule has 1 aromatic rings. The van der Waals surface area contributed by atoms with Crippen LogP contribution in [0.4, 0.5) is 0 Å². The van der Waals surface area contributed by atoms with Gasteiger partial charge in [-0.05, 0) is 18.6 Å². The summed E-state index contributed by atoms with van der Waals surface area (Å²) in [5.41, 5.74) is 6.83. The molecule has 0 saturated heterocycles. The Bertz CT molecular complexity index is 354. The minimum atomic E-state index is -1.00. The number of aromatic amines is 1. The van der Waals surface area contributed by atoms with Crippen molar-refractivity contribution in [1.82, 2.24) is 4.98 Å². The molecule has 0 fully saturated rings. The molecule has 0 spiro atoms. The van der Waals surface area contributed by atoms with Gasteiger partial charge in [0.1, 0.15) is 5.69 Å². The van der Waals surface area contributed by atoms with Gasteiger partial charge in [0.2, 0.25) is 0 Å². The van der Waals surface area contributed by atoms with Gasteiger partial charge in [0.05, 0.1) is 5.84 Å². The van der Waals surface area contributed by atoms with Crippen molar-refractivity contribution in [3.63, 3.8) is 0 Å². The Morgan fingerprint density at radius 2 is 2.38 bits per heavy atom. The maximum atomic E-state index is 10.5. The molecule has 0 radical (unpaired) electrons. The highest BCUT2D eigenvalue weighted by molar-refractivity contribution is 5.86. The van der Waals surface area contributed by atoms with Crippen LogP contribution < -0.4 is 5.73 Å². The van der Waals surface area contributed by atoms with Gasteiger partial charge < -0.3 is 15.8 Å². The Morgan fingerprint density at radius 1 is 1.77 bits per heavy atom. The van der Waals surface area contributed by atoms with Crippen molar-refractivity contribution in [3.8, 4) is 0 Å². The zero-order valence-electron chi connectivity index (χ0n) is 7.22. The topological polar surface area (TPSA) is 103 Å². The SMILES string of the molecule is Cc1cc(C(=O)O)[nH]c1CC(=N)N. The number of nitrogens with two attached hydrogens (primary N) is 1. The molecule has 1 aromatic heterocycles. The molecule has 0 aliphatic heterocycles. The molecule has 5 nitrogen and oxygen atoms in total. The fraction of sp³-hybridized carbons (Fsp3) is 0.250. The summed E-state index contributed by atoms with van der Waals surface area (Å²) in [6.45, 7) is 1.78. The second-order valence-corrected chi connectivity index (χ2v) is 2.85. The summed E-state index contributed by atoms with van der Waals surface area (Å²) in [4.78, 5) is 13.2. The normalized spacial score (nSPS) is 9.92. The van der Waals surface area contributed by atoms with Gasteiger partial charge in [0.25, 0.3) is 0 Å². The lowest BCUT2D eigenvalue weighted by atomic mass is 10.2. The van der Waals surface area contributed by atoms with E-state index >= 15 is 0 Å². The van der Waals surface area contributed by atoms with Gasteiger partial charge in [-0.1, -0.05) is 0 Å². The van der Waals surface area contributed by atoms with Gasteiger partial charge in [0, 0.05) is 12.1 Å². The van der Waals surface area contributed by atoms with E-state index in [0.29, 0.717) is 5.69 Å². The van der Waals surface area contributed by atoms with Crippen molar-refractivity contribution in [1.29, 1.82) is 5.41 Å². The van der Waals surface area contributed by atoms with Crippen LogP contribution >= 0.6 is 0 Å². The minimum absolute atomic E-state index is 0.0156. The lowest BCUT2D eigenvalue weighted by Crippen LogP contribution is -2.13. The number of amidine groups is 1. The van der Waals surface area contributed by atoms with Crippen molar-refractivity contribution in [2.75, 3.05) is 0 Å². The van der Waals surface area contributed by atoms with Gasteiger partial charge in [-0.2, -0.15) is 0 Å². The Hall–Kier alpha value is -1.78. The molecule has 0 amide bonds. The highest BCUT2D eigenvalue weighted by atomic mass is 16.4. The largest absolute Gasteiger partial charge is 0.477 e. The van der Waals surface area contributed by atoms with Crippen LogP contribution in [-0.2, 0) is 6.42 Å². The first-order chi connectivity index (χ1) is 6.00. The van der Waals surface area contributed by atoms with Crippen LogP contribution in [0.15, 0.2) is 6.07 Å². The average Bonchev–Trinajstić information content (AvgIpc) is 2.31. The van der Waals surface area contributed by atoms with Gasteiger partial charge in [-0.3, -0.25) is 5.41 Å². The first kappa shape index (κ1) is 9.31. The lowest BCUT2D eigenvalue weighted by molar-refractivity contribution is 0.0691. The molecule has 0 aliphatic carbocycles. The number of rotatable bonds is 3. The van der Waals surface area contributed by atoms with Crippen molar-refractivity contribution in [2.24, 2.45) is 5.73 Å². The fourth-order valence-corrected chi connectivity index (χ4v) is 1.09. The van der Waals surface area contributed by atoms with Crippen molar-refractivity contribution >= 4 is 11.8 Å². The number of nitrogens with one attached hydrogen (secondary N) is 2.